The van der Waals surface area contributed by atoms with Gasteiger partial charge in [0.2, 0.25) is 5.91 Å². The summed E-state index contributed by atoms with van der Waals surface area (Å²) in [4.78, 5) is 26.5. The van der Waals surface area contributed by atoms with Gasteiger partial charge < -0.3 is 14.6 Å². The van der Waals surface area contributed by atoms with Gasteiger partial charge in [0.05, 0.1) is 10.8 Å². The molecular weight excluding hydrogens is 292 g/mol. The van der Waals surface area contributed by atoms with Crippen LogP contribution in [0.3, 0.4) is 0 Å². The van der Waals surface area contributed by atoms with Crippen LogP contribution >= 0.6 is 0 Å². The third kappa shape index (κ3) is 2.31. The molecule has 5 heteroatoms. The van der Waals surface area contributed by atoms with Crippen LogP contribution in [-0.4, -0.2) is 25.5 Å². The van der Waals surface area contributed by atoms with Crippen LogP contribution in [0.5, 0.6) is 0 Å². The number of nitrogens with one attached hydrogen (secondary N) is 1. The molecule has 5 nitrogen and oxygen atoms in total. The lowest BCUT2D eigenvalue weighted by atomic mass is 9.77. The third-order valence-corrected chi connectivity index (χ3v) is 5.27. The second kappa shape index (κ2) is 5.11. The van der Waals surface area contributed by atoms with E-state index < -0.39 is 0 Å². The van der Waals surface area contributed by atoms with Crippen LogP contribution in [0.15, 0.2) is 33.5 Å². The molecule has 1 spiro atoms. The lowest BCUT2D eigenvalue weighted by Crippen LogP contribution is -2.44. The zero-order valence-electron chi connectivity index (χ0n) is 13.2. The maximum absolute atomic E-state index is 12.3. The van der Waals surface area contributed by atoms with E-state index in [1.54, 1.807) is 6.07 Å². The molecule has 0 bridgehead atoms. The quantitative estimate of drug-likeness (QED) is 0.877. The van der Waals surface area contributed by atoms with Gasteiger partial charge in [-0.25, -0.2) is 0 Å². The molecule has 23 heavy (non-hydrogen) atoms. The summed E-state index contributed by atoms with van der Waals surface area (Å²) >= 11 is 0. The predicted molar refractivity (Wildman–Crippen MR) is 88.7 cm³/mol. The molecule has 2 fully saturated rings. The number of amides is 1. The molecule has 2 aliphatic heterocycles. The highest BCUT2D eigenvalue weighted by atomic mass is 16.4. The molecule has 1 N–H and O–H groups in total. The first-order valence-corrected chi connectivity index (χ1v) is 8.15. The van der Waals surface area contributed by atoms with Gasteiger partial charge in [-0.2, -0.15) is 0 Å². The fraction of sp³-hybridized carbons (Fsp3) is 0.444. The summed E-state index contributed by atoms with van der Waals surface area (Å²) in [5, 5.41) is 3.56. The first-order valence-electron chi connectivity index (χ1n) is 8.15. The molecule has 0 atom stereocenters. The number of nitrogens with zero attached hydrogens (tertiary/aromatic N) is 1. The van der Waals surface area contributed by atoms with Crippen LogP contribution in [0.25, 0.3) is 11.0 Å². The molecular formula is C18H20N2O3. The monoisotopic (exact) mass is 312 g/mol. The van der Waals surface area contributed by atoms with Crippen molar-refractivity contribution in [1.29, 1.82) is 0 Å². The standard InChI is InChI=1S/C18H20N2O3/c1-12-2-3-15-13(10-12)14(21)11-16(23-15)20-8-5-18(6-9-20)4-7-19-17(18)22/h2-3,10-11H,4-9H2,1H3,(H,19,22). The van der Waals surface area contributed by atoms with Crippen LogP contribution in [0.1, 0.15) is 24.8 Å². The minimum Gasteiger partial charge on any atom is -0.440 e. The number of anilines is 1. The van der Waals surface area contributed by atoms with Crippen molar-refractivity contribution in [3.8, 4) is 0 Å². The Bertz CT molecular complexity index is 832. The Morgan fingerprint density at radius 1 is 1.13 bits per heavy atom. The minimum absolute atomic E-state index is 0.0103. The van der Waals surface area contributed by atoms with Crippen LogP contribution in [-0.2, 0) is 4.79 Å². The number of benzene rings is 1. The number of aryl methyl sites for hydroxylation is 1. The van der Waals surface area contributed by atoms with Crippen LogP contribution < -0.4 is 15.6 Å². The number of hydrogen-bond donors (Lipinski definition) is 1. The lowest BCUT2D eigenvalue weighted by Gasteiger charge is -2.37. The van der Waals surface area contributed by atoms with E-state index in [1.165, 1.54) is 0 Å². The lowest BCUT2D eigenvalue weighted by molar-refractivity contribution is -0.128. The van der Waals surface area contributed by atoms with Gasteiger partial charge in [-0.1, -0.05) is 11.6 Å². The number of piperidine rings is 1. The second-order valence-corrected chi connectivity index (χ2v) is 6.72. The van der Waals surface area contributed by atoms with Gasteiger partial charge >= 0.3 is 0 Å². The summed E-state index contributed by atoms with van der Waals surface area (Å²) in [7, 11) is 0. The highest BCUT2D eigenvalue weighted by molar-refractivity contribution is 5.85. The Labute approximate surface area is 134 Å². The number of fused-ring (bicyclic) bond motifs is 1. The zero-order chi connectivity index (χ0) is 16.0. The number of carbonyl (C=O) groups excluding carboxylic acids is 1. The maximum Gasteiger partial charge on any atom is 0.226 e. The van der Waals surface area contributed by atoms with E-state index in [2.05, 4.69) is 10.2 Å². The molecule has 1 aromatic carbocycles. The first kappa shape index (κ1) is 14.3. The fourth-order valence-corrected chi connectivity index (χ4v) is 3.76. The molecule has 0 aliphatic carbocycles. The molecule has 120 valence electrons. The Morgan fingerprint density at radius 3 is 2.61 bits per heavy atom. The molecule has 0 radical (unpaired) electrons. The second-order valence-electron chi connectivity index (χ2n) is 6.72. The zero-order valence-corrected chi connectivity index (χ0v) is 13.2. The van der Waals surface area contributed by atoms with Gasteiger partial charge in [0.25, 0.3) is 0 Å². The van der Waals surface area contributed by atoms with Crippen molar-refractivity contribution < 1.29 is 9.21 Å². The van der Waals surface area contributed by atoms with E-state index in [4.69, 9.17) is 4.42 Å². The van der Waals surface area contributed by atoms with Crippen LogP contribution in [0.2, 0.25) is 0 Å². The van der Waals surface area contributed by atoms with Crippen molar-refractivity contribution in [3.63, 3.8) is 0 Å². The normalized spacial score (nSPS) is 20.2. The van der Waals surface area contributed by atoms with E-state index >= 15 is 0 Å². The summed E-state index contributed by atoms with van der Waals surface area (Å²) in [6.45, 7) is 4.23. The van der Waals surface area contributed by atoms with Crippen LogP contribution in [0.4, 0.5) is 5.88 Å². The molecule has 2 saturated heterocycles. The van der Waals surface area contributed by atoms with Gasteiger partial charge in [0.1, 0.15) is 5.58 Å². The van der Waals surface area contributed by atoms with Gasteiger partial charge in [0, 0.05) is 25.7 Å². The van der Waals surface area contributed by atoms with Crippen molar-refractivity contribution in [3.05, 3.63) is 40.1 Å². The molecule has 3 heterocycles. The first-order chi connectivity index (χ1) is 11.1. The summed E-state index contributed by atoms with van der Waals surface area (Å²) in [6, 6.07) is 7.24. The van der Waals surface area contributed by atoms with E-state index in [1.807, 2.05) is 25.1 Å². The molecule has 0 unspecified atom stereocenters. The molecule has 4 rings (SSSR count). The van der Waals surface area contributed by atoms with E-state index in [-0.39, 0.29) is 16.8 Å². The molecule has 1 amide bonds. The fourth-order valence-electron chi connectivity index (χ4n) is 3.76. The van der Waals surface area contributed by atoms with E-state index in [0.29, 0.717) is 16.9 Å². The highest BCUT2D eigenvalue weighted by Gasteiger charge is 2.44. The topological polar surface area (TPSA) is 62.6 Å². The predicted octanol–water partition coefficient (Wildman–Crippen LogP) is 2.21. The largest absolute Gasteiger partial charge is 0.440 e. The Morgan fingerprint density at radius 2 is 1.91 bits per heavy atom. The van der Waals surface area contributed by atoms with Crippen molar-refractivity contribution in [2.75, 3.05) is 24.5 Å². The van der Waals surface area contributed by atoms with Gasteiger partial charge in [-0.05, 0) is 38.3 Å². The van der Waals surface area contributed by atoms with Crippen molar-refractivity contribution in [1.82, 2.24) is 5.32 Å². The van der Waals surface area contributed by atoms with Crippen molar-refractivity contribution in [2.45, 2.75) is 26.2 Å². The van der Waals surface area contributed by atoms with Gasteiger partial charge in [0.15, 0.2) is 11.3 Å². The van der Waals surface area contributed by atoms with Gasteiger partial charge in [-0.15, -0.1) is 0 Å². The SMILES string of the molecule is Cc1ccc2oc(N3CCC4(CCNC4=O)CC3)cc(=O)c2c1. The molecule has 0 saturated carbocycles. The summed E-state index contributed by atoms with van der Waals surface area (Å²) in [6.07, 6.45) is 2.55. The van der Waals surface area contributed by atoms with Crippen molar-refractivity contribution in [2.24, 2.45) is 5.41 Å². The maximum atomic E-state index is 12.3. The average molecular weight is 312 g/mol. The summed E-state index contributed by atoms with van der Waals surface area (Å²) in [5.41, 5.74) is 1.45. The Kier molecular flexibility index (Phi) is 3.18. The third-order valence-electron chi connectivity index (χ3n) is 5.27. The van der Waals surface area contributed by atoms with Crippen molar-refractivity contribution >= 4 is 22.8 Å². The smallest absolute Gasteiger partial charge is 0.226 e. The number of hydrogen-bond acceptors (Lipinski definition) is 4. The van der Waals surface area contributed by atoms with E-state index in [9.17, 15) is 9.59 Å². The number of carbonyl (C=O) groups is 1. The molecule has 2 aromatic rings. The average Bonchev–Trinajstić information content (AvgIpc) is 2.89. The van der Waals surface area contributed by atoms with E-state index in [0.717, 1.165) is 44.5 Å². The molecule has 2 aliphatic rings. The van der Waals surface area contributed by atoms with Crippen LogP contribution in [0, 0.1) is 12.3 Å². The highest BCUT2D eigenvalue weighted by Crippen LogP contribution is 2.39. The summed E-state index contributed by atoms with van der Waals surface area (Å²) < 4.78 is 5.94. The summed E-state index contributed by atoms with van der Waals surface area (Å²) in [5.74, 6) is 0.798. The van der Waals surface area contributed by atoms with Gasteiger partial charge in [-0.3, -0.25) is 9.59 Å². The Hall–Kier alpha value is -2.30. The Balaban J connectivity index is 1.62. The minimum atomic E-state index is -0.204. The molecule has 1 aromatic heterocycles. The number of rotatable bonds is 1.